The van der Waals surface area contributed by atoms with Gasteiger partial charge in [-0.2, -0.15) is 0 Å². The molecular formula is C22H31N3O4. The molecule has 2 aromatic rings. The molecule has 0 atom stereocenters. The van der Waals surface area contributed by atoms with Crippen molar-refractivity contribution in [1.29, 1.82) is 0 Å². The maximum absolute atomic E-state index is 12.7. The smallest absolute Gasteiger partial charge is 0.341 e. The third kappa shape index (κ3) is 5.82. The zero-order valence-corrected chi connectivity index (χ0v) is 17.8. The topological polar surface area (TPSA) is 80.8 Å². The Morgan fingerprint density at radius 3 is 2.41 bits per heavy atom. The molecule has 0 bridgehead atoms. The number of esters is 1. The van der Waals surface area contributed by atoms with Crippen LogP contribution in [0.2, 0.25) is 0 Å². The quantitative estimate of drug-likeness (QED) is 0.576. The molecule has 0 aliphatic rings. The van der Waals surface area contributed by atoms with Gasteiger partial charge in [0, 0.05) is 24.7 Å². The van der Waals surface area contributed by atoms with Crippen molar-refractivity contribution in [3.8, 4) is 5.75 Å². The van der Waals surface area contributed by atoms with Crippen LogP contribution in [0.5, 0.6) is 5.75 Å². The van der Waals surface area contributed by atoms with Crippen molar-refractivity contribution in [3.05, 3.63) is 30.0 Å². The van der Waals surface area contributed by atoms with E-state index in [1.807, 2.05) is 43.9 Å². The molecule has 0 radical (unpaired) electrons. The Hall–Kier alpha value is -2.83. The number of nitrogens with zero attached hydrogens (tertiary/aromatic N) is 2. The van der Waals surface area contributed by atoms with E-state index in [0.29, 0.717) is 47.6 Å². The van der Waals surface area contributed by atoms with E-state index >= 15 is 0 Å². The van der Waals surface area contributed by atoms with Gasteiger partial charge in [0.15, 0.2) is 0 Å². The molecule has 29 heavy (non-hydrogen) atoms. The molecule has 7 nitrogen and oxygen atoms in total. The van der Waals surface area contributed by atoms with Gasteiger partial charge >= 0.3 is 5.97 Å². The normalized spacial score (nSPS) is 10.6. The van der Waals surface area contributed by atoms with Crippen molar-refractivity contribution in [1.82, 2.24) is 9.88 Å². The van der Waals surface area contributed by atoms with Crippen molar-refractivity contribution in [2.45, 2.75) is 40.5 Å². The fraction of sp³-hybridized carbons (Fsp3) is 0.500. The summed E-state index contributed by atoms with van der Waals surface area (Å²) in [6.45, 7) is 10.1. The Labute approximate surface area is 172 Å². The lowest BCUT2D eigenvalue weighted by Crippen LogP contribution is -2.36. The molecule has 7 heteroatoms. The van der Waals surface area contributed by atoms with Gasteiger partial charge < -0.3 is 19.7 Å². The molecule has 1 aromatic heterocycles. The SMILES string of the molecule is CCCN(CCC)C(=O)CNc1c(C(=O)OCC)cnc2ccc(OCC)cc12. The van der Waals surface area contributed by atoms with E-state index in [-0.39, 0.29) is 19.1 Å². The summed E-state index contributed by atoms with van der Waals surface area (Å²) in [6, 6.07) is 5.50. The van der Waals surface area contributed by atoms with Crippen LogP contribution < -0.4 is 10.1 Å². The summed E-state index contributed by atoms with van der Waals surface area (Å²) in [5.74, 6) is 0.197. The number of nitrogens with one attached hydrogen (secondary N) is 1. The van der Waals surface area contributed by atoms with E-state index in [9.17, 15) is 9.59 Å². The molecule has 0 saturated carbocycles. The van der Waals surface area contributed by atoms with E-state index in [1.54, 1.807) is 6.92 Å². The maximum atomic E-state index is 12.7. The average molecular weight is 402 g/mol. The third-order valence-corrected chi connectivity index (χ3v) is 4.40. The molecule has 0 spiro atoms. The van der Waals surface area contributed by atoms with Crippen molar-refractivity contribution in [2.75, 3.05) is 38.2 Å². The first-order valence-electron chi connectivity index (χ1n) is 10.3. The van der Waals surface area contributed by atoms with Gasteiger partial charge in [-0.15, -0.1) is 0 Å². The minimum absolute atomic E-state index is 0.00515. The maximum Gasteiger partial charge on any atom is 0.341 e. The van der Waals surface area contributed by atoms with E-state index in [2.05, 4.69) is 10.3 Å². The first-order valence-corrected chi connectivity index (χ1v) is 10.3. The van der Waals surface area contributed by atoms with Crippen molar-refractivity contribution in [3.63, 3.8) is 0 Å². The van der Waals surface area contributed by atoms with Gasteiger partial charge in [-0.05, 0) is 44.9 Å². The molecule has 0 saturated heterocycles. The summed E-state index contributed by atoms with van der Waals surface area (Å²) in [4.78, 5) is 31.4. The lowest BCUT2D eigenvalue weighted by atomic mass is 10.1. The number of anilines is 1. The third-order valence-electron chi connectivity index (χ3n) is 4.40. The molecule has 1 amide bonds. The van der Waals surface area contributed by atoms with Crippen LogP contribution in [-0.2, 0) is 9.53 Å². The number of aromatic nitrogens is 1. The summed E-state index contributed by atoms with van der Waals surface area (Å²) in [5.41, 5.74) is 1.55. The zero-order valence-electron chi connectivity index (χ0n) is 17.8. The number of carbonyl (C=O) groups excluding carboxylic acids is 2. The number of fused-ring (bicyclic) bond motifs is 1. The standard InChI is InChI=1S/C22H31N3O4/c1-5-11-25(12-6-2)20(26)15-24-21-17-13-16(28-7-3)9-10-19(17)23-14-18(21)22(27)29-8-4/h9-10,13-14H,5-8,11-12,15H2,1-4H3,(H,23,24). The summed E-state index contributed by atoms with van der Waals surface area (Å²) < 4.78 is 10.8. The first-order chi connectivity index (χ1) is 14.0. The highest BCUT2D eigenvalue weighted by Gasteiger charge is 2.19. The van der Waals surface area contributed by atoms with Gasteiger partial charge in [0.25, 0.3) is 0 Å². The van der Waals surface area contributed by atoms with Gasteiger partial charge in [-0.1, -0.05) is 13.8 Å². The van der Waals surface area contributed by atoms with Gasteiger partial charge in [0.2, 0.25) is 5.91 Å². The average Bonchev–Trinajstić information content (AvgIpc) is 2.71. The Morgan fingerprint density at radius 2 is 1.79 bits per heavy atom. The van der Waals surface area contributed by atoms with E-state index < -0.39 is 5.97 Å². The highest BCUT2D eigenvalue weighted by molar-refractivity contribution is 6.05. The summed E-state index contributed by atoms with van der Waals surface area (Å²) in [6.07, 6.45) is 3.29. The van der Waals surface area contributed by atoms with Crippen LogP contribution >= 0.6 is 0 Å². The minimum atomic E-state index is -0.474. The number of amides is 1. The molecule has 1 aromatic carbocycles. The molecule has 1 heterocycles. The highest BCUT2D eigenvalue weighted by atomic mass is 16.5. The van der Waals surface area contributed by atoms with Gasteiger partial charge in [0.1, 0.15) is 11.3 Å². The van der Waals surface area contributed by atoms with E-state index in [0.717, 1.165) is 12.8 Å². The van der Waals surface area contributed by atoms with Crippen LogP contribution in [0.15, 0.2) is 24.4 Å². The van der Waals surface area contributed by atoms with Gasteiger partial charge in [-0.3, -0.25) is 9.78 Å². The second-order valence-corrected chi connectivity index (χ2v) is 6.61. The van der Waals surface area contributed by atoms with Gasteiger partial charge in [-0.25, -0.2) is 4.79 Å². The fourth-order valence-corrected chi connectivity index (χ4v) is 3.16. The Bertz CT molecular complexity index is 832. The Morgan fingerprint density at radius 1 is 1.07 bits per heavy atom. The van der Waals surface area contributed by atoms with Crippen LogP contribution in [0.3, 0.4) is 0 Å². The van der Waals surface area contributed by atoms with E-state index in [1.165, 1.54) is 6.20 Å². The number of rotatable bonds is 11. The van der Waals surface area contributed by atoms with Crippen LogP contribution in [0.4, 0.5) is 5.69 Å². The number of hydrogen-bond donors (Lipinski definition) is 1. The molecule has 0 unspecified atom stereocenters. The Kier molecular flexibility index (Phi) is 8.70. The van der Waals surface area contributed by atoms with Crippen LogP contribution in [0.1, 0.15) is 50.9 Å². The zero-order chi connectivity index (χ0) is 21.2. The number of benzene rings is 1. The number of carbonyl (C=O) groups is 2. The molecule has 0 aliphatic carbocycles. The first kappa shape index (κ1) is 22.5. The molecular weight excluding hydrogens is 370 g/mol. The summed E-state index contributed by atoms with van der Waals surface area (Å²) in [7, 11) is 0. The van der Waals surface area contributed by atoms with Crippen molar-refractivity contribution < 1.29 is 19.1 Å². The molecule has 158 valence electrons. The largest absolute Gasteiger partial charge is 0.494 e. The number of pyridine rings is 1. The van der Waals surface area contributed by atoms with E-state index in [4.69, 9.17) is 9.47 Å². The molecule has 2 rings (SSSR count). The fourth-order valence-electron chi connectivity index (χ4n) is 3.16. The van der Waals surface area contributed by atoms with Crippen LogP contribution in [0, 0.1) is 0 Å². The molecule has 0 fully saturated rings. The minimum Gasteiger partial charge on any atom is -0.494 e. The molecule has 1 N–H and O–H groups in total. The Balaban J connectivity index is 2.40. The highest BCUT2D eigenvalue weighted by Crippen LogP contribution is 2.30. The second kappa shape index (κ2) is 11.2. The molecule has 0 aliphatic heterocycles. The van der Waals surface area contributed by atoms with Crippen LogP contribution in [0.25, 0.3) is 10.9 Å². The number of hydrogen-bond acceptors (Lipinski definition) is 6. The summed E-state index contributed by atoms with van der Waals surface area (Å²) >= 11 is 0. The lowest BCUT2D eigenvalue weighted by molar-refractivity contribution is -0.129. The second-order valence-electron chi connectivity index (χ2n) is 6.61. The predicted octanol–water partition coefficient (Wildman–Crippen LogP) is 3.87. The van der Waals surface area contributed by atoms with Gasteiger partial charge in [0.05, 0.1) is 31.0 Å². The lowest BCUT2D eigenvalue weighted by Gasteiger charge is -2.22. The monoisotopic (exact) mass is 401 g/mol. The predicted molar refractivity (Wildman–Crippen MR) is 115 cm³/mol. The summed E-state index contributed by atoms with van der Waals surface area (Å²) in [5, 5.41) is 3.89. The van der Waals surface area contributed by atoms with Crippen molar-refractivity contribution >= 4 is 28.5 Å². The number of ether oxygens (including phenoxy) is 2. The van der Waals surface area contributed by atoms with Crippen molar-refractivity contribution in [2.24, 2.45) is 0 Å². The van der Waals surface area contributed by atoms with Crippen LogP contribution in [-0.4, -0.2) is 54.6 Å².